The molecular weight excluding hydrogens is 97.0 g/mol. The largest absolute Gasteiger partial charge is 0.384 e. The predicted octanol–water partition coefficient (Wildman–Crippen LogP) is -0.710. The van der Waals surface area contributed by atoms with Crippen LogP contribution < -0.4 is 5.32 Å². The summed E-state index contributed by atoms with van der Waals surface area (Å²) in [7, 11) is 0. The molecule has 0 spiro atoms. The molecular formula is C4H8FNO. The average molecular weight is 105 g/mol. The van der Waals surface area contributed by atoms with Crippen molar-refractivity contribution >= 4 is 0 Å². The zero-order chi connectivity index (χ0) is 5.33. The summed E-state index contributed by atoms with van der Waals surface area (Å²) in [6.07, 6.45) is 0. The second kappa shape index (κ2) is 1.42. The van der Waals surface area contributed by atoms with Gasteiger partial charge in [0.25, 0.3) is 0 Å². The average Bonchev–Trinajstić information content (AvgIpc) is 1.61. The molecule has 0 amide bonds. The van der Waals surface area contributed by atoms with E-state index >= 15 is 0 Å². The van der Waals surface area contributed by atoms with Gasteiger partial charge in [-0.1, -0.05) is 0 Å². The summed E-state index contributed by atoms with van der Waals surface area (Å²) in [5.74, 6) is 0. The van der Waals surface area contributed by atoms with E-state index in [-0.39, 0.29) is 0 Å². The Morgan fingerprint density at radius 2 is 2.29 bits per heavy atom. The van der Waals surface area contributed by atoms with Crippen molar-refractivity contribution in [3.63, 3.8) is 0 Å². The summed E-state index contributed by atoms with van der Waals surface area (Å²) in [5.41, 5.74) is -1.01. The molecule has 0 radical (unpaired) electrons. The fourth-order valence-electron chi connectivity index (χ4n) is 0.508. The van der Waals surface area contributed by atoms with Crippen molar-refractivity contribution in [1.82, 2.24) is 5.32 Å². The predicted molar refractivity (Wildman–Crippen MR) is 23.8 cm³/mol. The molecule has 3 heteroatoms. The van der Waals surface area contributed by atoms with E-state index in [9.17, 15) is 4.39 Å². The van der Waals surface area contributed by atoms with E-state index in [1.165, 1.54) is 0 Å². The van der Waals surface area contributed by atoms with Gasteiger partial charge in [0.15, 0.2) is 0 Å². The van der Waals surface area contributed by atoms with Gasteiger partial charge in [0.1, 0.15) is 12.3 Å². The lowest BCUT2D eigenvalue weighted by Crippen LogP contribution is -2.60. The summed E-state index contributed by atoms with van der Waals surface area (Å²) in [6, 6.07) is 0. The molecule has 0 aliphatic carbocycles. The van der Waals surface area contributed by atoms with Crippen LogP contribution in [0.4, 0.5) is 4.39 Å². The molecule has 0 unspecified atom stereocenters. The molecule has 1 aliphatic heterocycles. The zero-order valence-corrected chi connectivity index (χ0v) is 3.95. The van der Waals surface area contributed by atoms with Gasteiger partial charge in [0.2, 0.25) is 0 Å². The lowest BCUT2D eigenvalue weighted by molar-refractivity contribution is -0.0294. The Hall–Kier alpha value is -0.150. The number of hydrogen-bond acceptors (Lipinski definition) is 2. The van der Waals surface area contributed by atoms with Crippen LogP contribution in [0, 0.1) is 0 Å². The maximum absolute atomic E-state index is 11.5. The van der Waals surface area contributed by atoms with Gasteiger partial charge in [-0.3, -0.25) is 0 Å². The van der Waals surface area contributed by atoms with Crippen LogP contribution in [0.3, 0.4) is 0 Å². The molecule has 42 valence electrons. The Labute approximate surface area is 41.3 Å². The third-order valence-electron chi connectivity index (χ3n) is 1.16. The number of rotatable bonds is 1. The summed E-state index contributed by atoms with van der Waals surface area (Å²) >= 11 is 0. The van der Waals surface area contributed by atoms with E-state index in [2.05, 4.69) is 5.32 Å². The number of alkyl halides is 1. The van der Waals surface area contributed by atoms with Gasteiger partial charge in [0.05, 0.1) is 0 Å². The van der Waals surface area contributed by atoms with E-state index in [0.29, 0.717) is 13.1 Å². The van der Waals surface area contributed by atoms with Crippen LogP contribution in [0.5, 0.6) is 0 Å². The van der Waals surface area contributed by atoms with E-state index < -0.39 is 12.3 Å². The SMILES string of the molecule is OC1(CF)CNC1. The van der Waals surface area contributed by atoms with Gasteiger partial charge >= 0.3 is 0 Å². The highest BCUT2D eigenvalue weighted by molar-refractivity contribution is 4.91. The summed E-state index contributed by atoms with van der Waals surface area (Å²) in [4.78, 5) is 0. The van der Waals surface area contributed by atoms with Crippen molar-refractivity contribution in [2.45, 2.75) is 5.60 Å². The van der Waals surface area contributed by atoms with E-state index in [0.717, 1.165) is 0 Å². The van der Waals surface area contributed by atoms with Gasteiger partial charge in [-0.2, -0.15) is 0 Å². The molecule has 0 bridgehead atoms. The van der Waals surface area contributed by atoms with Crippen LogP contribution in [0.2, 0.25) is 0 Å². The van der Waals surface area contributed by atoms with Crippen molar-refractivity contribution < 1.29 is 9.50 Å². The highest BCUT2D eigenvalue weighted by atomic mass is 19.1. The lowest BCUT2D eigenvalue weighted by atomic mass is 10.00. The van der Waals surface area contributed by atoms with E-state index in [1.54, 1.807) is 0 Å². The van der Waals surface area contributed by atoms with Crippen molar-refractivity contribution in [1.29, 1.82) is 0 Å². The Morgan fingerprint density at radius 1 is 1.71 bits per heavy atom. The Kier molecular flexibility index (Phi) is 1.01. The molecule has 2 nitrogen and oxygen atoms in total. The maximum atomic E-state index is 11.5. The minimum atomic E-state index is -1.01. The molecule has 1 heterocycles. The van der Waals surface area contributed by atoms with Crippen LogP contribution in [-0.4, -0.2) is 30.5 Å². The third-order valence-corrected chi connectivity index (χ3v) is 1.16. The first-order chi connectivity index (χ1) is 3.27. The molecule has 7 heavy (non-hydrogen) atoms. The van der Waals surface area contributed by atoms with Crippen molar-refractivity contribution in [3.05, 3.63) is 0 Å². The van der Waals surface area contributed by atoms with Crippen LogP contribution >= 0.6 is 0 Å². The number of hydrogen-bond donors (Lipinski definition) is 2. The summed E-state index contributed by atoms with van der Waals surface area (Å²) in [6.45, 7) is 0.188. The normalized spacial score (nSPS) is 26.6. The first-order valence-corrected chi connectivity index (χ1v) is 2.26. The van der Waals surface area contributed by atoms with Crippen molar-refractivity contribution in [2.24, 2.45) is 0 Å². The molecule has 1 saturated heterocycles. The van der Waals surface area contributed by atoms with Crippen LogP contribution in [-0.2, 0) is 0 Å². The number of halogens is 1. The fourth-order valence-corrected chi connectivity index (χ4v) is 0.508. The van der Waals surface area contributed by atoms with Gasteiger partial charge in [-0.15, -0.1) is 0 Å². The quantitative estimate of drug-likeness (QED) is 0.461. The number of aliphatic hydroxyl groups is 1. The monoisotopic (exact) mass is 105 g/mol. The lowest BCUT2D eigenvalue weighted by Gasteiger charge is -2.34. The second-order valence-electron chi connectivity index (χ2n) is 1.96. The molecule has 0 atom stereocenters. The molecule has 0 aromatic rings. The summed E-state index contributed by atoms with van der Waals surface area (Å²) < 4.78 is 11.5. The standard InChI is InChI=1S/C4H8FNO/c5-1-4(7)2-6-3-4/h6-7H,1-3H2. The van der Waals surface area contributed by atoms with Gasteiger partial charge < -0.3 is 10.4 Å². The van der Waals surface area contributed by atoms with E-state index in [1.807, 2.05) is 0 Å². The molecule has 1 rings (SSSR count). The first-order valence-electron chi connectivity index (χ1n) is 2.26. The number of β-amino-alcohol motifs (C(OH)–C–C–N with tert-alkyl or cyclic N) is 1. The second-order valence-corrected chi connectivity index (χ2v) is 1.96. The zero-order valence-electron chi connectivity index (χ0n) is 3.95. The molecule has 2 N–H and O–H groups in total. The molecule has 0 aromatic heterocycles. The van der Waals surface area contributed by atoms with Crippen molar-refractivity contribution in [2.75, 3.05) is 19.8 Å². The Bertz CT molecular complexity index is 66.6. The Balaban J connectivity index is 2.29. The maximum Gasteiger partial charge on any atom is 0.121 e. The van der Waals surface area contributed by atoms with Gasteiger partial charge in [-0.25, -0.2) is 4.39 Å². The van der Waals surface area contributed by atoms with Gasteiger partial charge in [-0.05, 0) is 0 Å². The van der Waals surface area contributed by atoms with E-state index in [4.69, 9.17) is 5.11 Å². The minimum Gasteiger partial charge on any atom is -0.384 e. The summed E-state index contributed by atoms with van der Waals surface area (Å²) in [5, 5.41) is 11.5. The molecule has 0 aromatic carbocycles. The van der Waals surface area contributed by atoms with Crippen LogP contribution in [0.1, 0.15) is 0 Å². The van der Waals surface area contributed by atoms with Crippen molar-refractivity contribution in [3.8, 4) is 0 Å². The first kappa shape index (κ1) is 5.00. The highest BCUT2D eigenvalue weighted by Crippen LogP contribution is 2.09. The smallest absolute Gasteiger partial charge is 0.121 e. The third kappa shape index (κ3) is 0.737. The van der Waals surface area contributed by atoms with Gasteiger partial charge in [0, 0.05) is 13.1 Å². The molecule has 0 saturated carbocycles. The molecule has 1 aliphatic rings. The minimum absolute atomic E-state index is 0.406. The molecule has 1 fully saturated rings. The Morgan fingerprint density at radius 3 is 2.29 bits per heavy atom. The highest BCUT2D eigenvalue weighted by Gasteiger charge is 2.33. The topological polar surface area (TPSA) is 32.3 Å². The fraction of sp³-hybridized carbons (Fsp3) is 1.00. The van der Waals surface area contributed by atoms with Crippen LogP contribution in [0.25, 0.3) is 0 Å². The van der Waals surface area contributed by atoms with Crippen LogP contribution in [0.15, 0.2) is 0 Å². The number of nitrogens with one attached hydrogen (secondary N) is 1.